The Morgan fingerprint density at radius 3 is 1.49 bits per heavy atom. The number of carbonyl (C=O) groups is 1. The summed E-state index contributed by atoms with van der Waals surface area (Å²) in [7, 11) is -4.51. The van der Waals surface area contributed by atoms with Crippen LogP contribution in [0.2, 0.25) is 0 Å². The second-order valence-corrected chi connectivity index (χ2v) is 15.5. The van der Waals surface area contributed by atoms with Gasteiger partial charge in [0, 0.05) is 13.0 Å². The fourth-order valence-corrected chi connectivity index (χ4v) is 6.43. The van der Waals surface area contributed by atoms with Crippen molar-refractivity contribution in [3.05, 3.63) is 24.3 Å². The Bertz CT molecular complexity index is 851. The zero-order valence-corrected chi connectivity index (χ0v) is 33.7. The van der Waals surface area contributed by atoms with Crippen LogP contribution in [0.4, 0.5) is 0 Å². The Labute approximate surface area is 313 Å². The largest absolute Gasteiger partial charge is 0.472 e. The Hall–Kier alpha value is -1.06. The third-order valence-electron chi connectivity index (χ3n) is 8.86. The van der Waals surface area contributed by atoms with Crippen molar-refractivity contribution in [2.75, 3.05) is 33.0 Å². The molecular weight excluding hydrogens is 667 g/mol. The Morgan fingerprint density at radius 2 is 1.00 bits per heavy atom. The van der Waals surface area contributed by atoms with Crippen molar-refractivity contribution in [3.8, 4) is 0 Å². The van der Waals surface area contributed by atoms with Crippen LogP contribution in [0.15, 0.2) is 24.3 Å². The third-order valence-corrected chi connectivity index (χ3v) is 9.81. The lowest BCUT2D eigenvalue weighted by Crippen LogP contribution is -2.29. The van der Waals surface area contributed by atoms with Gasteiger partial charge in [-0.3, -0.25) is 13.8 Å². The number of hydrogen-bond donors (Lipinski definition) is 3. The molecule has 0 rings (SSSR count). The molecule has 0 amide bonds. The van der Waals surface area contributed by atoms with E-state index in [4.69, 9.17) is 23.6 Å². The fourth-order valence-electron chi connectivity index (χ4n) is 5.64. The molecule has 10 heteroatoms. The molecule has 0 aliphatic carbocycles. The molecule has 0 saturated carbocycles. The van der Waals surface area contributed by atoms with Gasteiger partial charge in [-0.1, -0.05) is 141 Å². The van der Waals surface area contributed by atoms with E-state index in [9.17, 15) is 19.4 Å². The van der Waals surface area contributed by atoms with Gasteiger partial charge in [0.15, 0.2) is 0 Å². The van der Waals surface area contributed by atoms with Gasteiger partial charge < -0.3 is 24.6 Å². The Kier molecular flexibility index (Phi) is 37.9. The number of rotatable bonds is 40. The molecule has 0 aromatic rings. The van der Waals surface area contributed by atoms with Gasteiger partial charge in [0.2, 0.25) is 0 Å². The van der Waals surface area contributed by atoms with E-state index >= 15 is 0 Å². The summed E-state index contributed by atoms with van der Waals surface area (Å²) in [4.78, 5) is 22.5. The molecule has 9 nitrogen and oxygen atoms in total. The highest BCUT2D eigenvalue weighted by molar-refractivity contribution is 7.47. The van der Waals surface area contributed by atoms with E-state index in [0.29, 0.717) is 6.61 Å². The lowest BCUT2D eigenvalue weighted by molar-refractivity contribution is -0.154. The van der Waals surface area contributed by atoms with Gasteiger partial charge in [-0.2, -0.15) is 0 Å². The van der Waals surface area contributed by atoms with Crippen molar-refractivity contribution in [1.29, 1.82) is 0 Å². The molecule has 0 bridgehead atoms. The third kappa shape index (κ3) is 38.5. The first-order chi connectivity index (χ1) is 24.8. The van der Waals surface area contributed by atoms with Crippen LogP contribution in [0.3, 0.4) is 0 Å². The predicted molar refractivity (Wildman–Crippen MR) is 210 cm³/mol. The predicted octanol–water partition coefficient (Wildman–Crippen LogP) is 11.1. The monoisotopic (exact) mass is 747 g/mol. The van der Waals surface area contributed by atoms with Gasteiger partial charge in [-0.05, 0) is 64.2 Å². The van der Waals surface area contributed by atoms with Crippen LogP contribution in [0.1, 0.15) is 187 Å². The van der Waals surface area contributed by atoms with Crippen LogP contribution in [-0.2, 0) is 27.9 Å². The first kappa shape index (κ1) is 49.9. The van der Waals surface area contributed by atoms with Gasteiger partial charge in [-0.15, -0.1) is 0 Å². The number of esters is 1. The number of unbranched alkanes of at least 4 members (excludes halogenated alkanes) is 22. The molecule has 0 aromatic heterocycles. The summed E-state index contributed by atoms with van der Waals surface area (Å²) >= 11 is 0. The van der Waals surface area contributed by atoms with E-state index in [1.807, 2.05) is 0 Å². The molecule has 51 heavy (non-hydrogen) atoms. The molecular formula is C41H79O9P. The highest BCUT2D eigenvalue weighted by atomic mass is 31.2. The maximum Gasteiger partial charge on any atom is 0.472 e. The molecule has 0 saturated heterocycles. The Balaban J connectivity index is 4.21. The molecule has 0 fully saturated rings. The van der Waals surface area contributed by atoms with Gasteiger partial charge >= 0.3 is 13.8 Å². The number of carbonyl (C=O) groups excluding carboxylic acids is 1. The summed E-state index contributed by atoms with van der Waals surface area (Å²) in [6, 6.07) is 0. The highest BCUT2D eigenvalue weighted by Gasteiger charge is 2.26. The molecule has 0 aromatic carbocycles. The standard InChI is InChI=1S/C41H79O9P/c1-3-5-7-9-11-13-15-17-19-20-21-23-25-27-29-31-33-41(44)50-40(38-49-51(45,46)48-36-39(43)35-42)37-47-34-32-30-28-26-24-22-18-16-14-12-10-8-6-4-2/h14,16,19-20,39-40,42-43H,3-13,15,17-18,21-38H2,1-2H3,(H,45,46)/b16-14-,20-19-. The minimum Gasteiger partial charge on any atom is -0.457 e. The lowest BCUT2D eigenvalue weighted by Gasteiger charge is -2.20. The van der Waals surface area contributed by atoms with Crippen LogP contribution in [-0.4, -0.2) is 66.3 Å². The van der Waals surface area contributed by atoms with Crippen LogP contribution >= 0.6 is 7.82 Å². The number of phosphoric ester groups is 1. The quantitative estimate of drug-likeness (QED) is 0.0242. The molecule has 3 atom stereocenters. The number of ether oxygens (including phenoxy) is 2. The van der Waals surface area contributed by atoms with Crippen LogP contribution < -0.4 is 0 Å². The van der Waals surface area contributed by atoms with Crippen molar-refractivity contribution in [2.24, 2.45) is 0 Å². The minimum atomic E-state index is -4.51. The first-order valence-electron chi connectivity index (χ1n) is 20.8. The Morgan fingerprint density at radius 1 is 0.588 bits per heavy atom. The van der Waals surface area contributed by atoms with Crippen molar-refractivity contribution < 1.29 is 43.0 Å². The van der Waals surface area contributed by atoms with E-state index < -0.39 is 39.2 Å². The van der Waals surface area contributed by atoms with E-state index in [-0.39, 0.29) is 19.6 Å². The summed E-state index contributed by atoms with van der Waals surface area (Å²) in [5.41, 5.74) is 0. The molecule has 0 heterocycles. The normalized spacial score (nSPS) is 14.4. The van der Waals surface area contributed by atoms with Crippen molar-refractivity contribution in [2.45, 2.75) is 199 Å². The summed E-state index contributed by atoms with van der Waals surface area (Å²) in [5.74, 6) is -0.392. The molecule has 0 aliphatic heterocycles. The maximum atomic E-state index is 12.6. The zero-order valence-electron chi connectivity index (χ0n) is 32.8. The topological polar surface area (TPSA) is 132 Å². The number of aliphatic hydroxyl groups excluding tert-OH is 2. The second kappa shape index (κ2) is 38.7. The highest BCUT2D eigenvalue weighted by Crippen LogP contribution is 2.43. The van der Waals surface area contributed by atoms with Crippen LogP contribution in [0.25, 0.3) is 0 Å². The molecule has 302 valence electrons. The summed E-state index contributed by atoms with van der Waals surface area (Å²) < 4.78 is 33.3. The number of hydrogen-bond acceptors (Lipinski definition) is 8. The van der Waals surface area contributed by atoms with E-state index in [0.717, 1.165) is 64.2 Å². The van der Waals surface area contributed by atoms with Crippen molar-refractivity contribution in [3.63, 3.8) is 0 Å². The average molecular weight is 747 g/mol. The zero-order chi connectivity index (χ0) is 37.5. The second-order valence-electron chi connectivity index (χ2n) is 14.0. The van der Waals surface area contributed by atoms with E-state index in [2.05, 4.69) is 38.2 Å². The van der Waals surface area contributed by atoms with E-state index in [1.54, 1.807) is 0 Å². The molecule has 0 radical (unpaired) electrons. The molecule has 3 unspecified atom stereocenters. The van der Waals surface area contributed by atoms with Crippen molar-refractivity contribution in [1.82, 2.24) is 0 Å². The SMILES string of the molecule is CCCCCC/C=C\CCCCCCCCOCC(COP(=O)(O)OCC(O)CO)OC(=O)CCCCCCC/C=C\CCCCCCCCC. The van der Waals surface area contributed by atoms with Gasteiger partial charge in [-0.25, -0.2) is 4.57 Å². The van der Waals surface area contributed by atoms with Gasteiger partial charge in [0.25, 0.3) is 0 Å². The molecule has 3 N–H and O–H groups in total. The maximum absolute atomic E-state index is 12.6. The minimum absolute atomic E-state index is 0.0439. The van der Waals surface area contributed by atoms with Crippen molar-refractivity contribution >= 4 is 13.8 Å². The number of aliphatic hydroxyl groups is 2. The summed E-state index contributed by atoms with van der Waals surface area (Å²) in [6.45, 7) is 3.49. The average Bonchev–Trinajstić information content (AvgIpc) is 3.12. The first-order valence-corrected chi connectivity index (χ1v) is 22.3. The van der Waals surface area contributed by atoms with Crippen LogP contribution in [0, 0.1) is 0 Å². The fraction of sp³-hybridized carbons (Fsp3) is 0.878. The van der Waals surface area contributed by atoms with Crippen LogP contribution in [0.5, 0.6) is 0 Å². The number of allylic oxidation sites excluding steroid dienone is 4. The smallest absolute Gasteiger partial charge is 0.457 e. The van der Waals surface area contributed by atoms with E-state index in [1.165, 1.54) is 103 Å². The summed E-state index contributed by atoms with van der Waals surface area (Å²) in [6.07, 6.45) is 38.4. The number of phosphoric acid groups is 1. The van der Waals surface area contributed by atoms with Gasteiger partial charge in [0.1, 0.15) is 12.2 Å². The summed E-state index contributed by atoms with van der Waals surface area (Å²) in [5, 5.41) is 18.3. The molecule has 0 aliphatic rings. The van der Waals surface area contributed by atoms with Gasteiger partial charge in [0.05, 0.1) is 26.4 Å². The lowest BCUT2D eigenvalue weighted by atomic mass is 10.1. The molecule has 0 spiro atoms.